The van der Waals surface area contributed by atoms with Crippen LogP contribution in [-0.4, -0.2) is 47.8 Å². The van der Waals surface area contributed by atoms with Crippen LogP contribution >= 0.6 is 0 Å². The highest BCUT2D eigenvalue weighted by Crippen LogP contribution is 2.35. The maximum atomic E-state index is 12.5. The molecule has 0 saturated carbocycles. The van der Waals surface area contributed by atoms with Crippen molar-refractivity contribution in [2.45, 2.75) is 18.9 Å². The number of hydrogen-bond donors (Lipinski definition) is 1. The lowest BCUT2D eigenvalue weighted by atomic mass is 10.1. The van der Waals surface area contributed by atoms with Crippen molar-refractivity contribution in [2.75, 3.05) is 26.3 Å². The minimum atomic E-state index is -0.790. The van der Waals surface area contributed by atoms with Gasteiger partial charge in [0.2, 0.25) is 0 Å². The first-order valence-electron chi connectivity index (χ1n) is 6.47. The van der Waals surface area contributed by atoms with Crippen molar-refractivity contribution >= 4 is 5.91 Å². The summed E-state index contributed by atoms with van der Waals surface area (Å²) in [4.78, 5) is 14.1. The summed E-state index contributed by atoms with van der Waals surface area (Å²) in [6.45, 7) is 3.63. The molecule has 1 saturated heterocycles. The van der Waals surface area contributed by atoms with Gasteiger partial charge in [-0.2, -0.15) is 0 Å². The lowest BCUT2D eigenvalue weighted by Crippen LogP contribution is -2.34. The van der Waals surface area contributed by atoms with Gasteiger partial charge in [0.05, 0.1) is 11.2 Å². The zero-order valence-electron chi connectivity index (χ0n) is 10.9. The molecule has 2 aliphatic rings. The van der Waals surface area contributed by atoms with Crippen molar-refractivity contribution in [3.05, 3.63) is 23.8 Å². The Kier molecular flexibility index (Phi) is 2.86. The molecule has 1 fully saturated rings. The van der Waals surface area contributed by atoms with Gasteiger partial charge in [0, 0.05) is 13.1 Å². The third kappa shape index (κ3) is 2.26. The van der Waals surface area contributed by atoms with Crippen LogP contribution in [0.15, 0.2) is 18.2 Å². The number of β-amino-alcohol motifs (C(OH)–C–C–N with tert-alkyl or cyclic N) is 1. The summed E-state index contributed by atoms with van der Waals surface area (Å²) in [6.07, 6.45) is 0.602. The van der Waals surface area contributed by atoms with E-state index in [0.29, 0.717) is 49.8 Å². The van der Waals surface area contributed by atoms with E-state index in [4.69, 9.17) is 9.47 Å². The number of para-hydroxylation sites is 1. The smallest absolute Gasteiger partial charge is 0.257 e. The van der Waals surface area contributed by atoms with Crippen LogP contribution in [0.2, 0.25) is 0 Å². The van der Waals surface area contributed by atoms with E-state index >= 15 is 0 Å². The van der Waals surface area contributed by atoms with E-state index in [1.54, 1.807) is 30.0 Å². The molecule has 0 spiro atoms. The van der Waals surface area contributed by atoms with E-state index in [1.165, 1.54) is 0 Å². The predicted octanol–water partition coefficient (Wildman–Crippen LogP) is 1.05. The van der Waals surface area contributed by atoms with Gasteiger partial charge in [0.1, 0.15) is 13.2 Å². The first-order chi connectivity index (χ1) is 9.07. The Bertz CT molecular complexity index is 512. The monoisotopic (exact) mass is 263 g/mol. The fraction of sp³-hybridized carbons (Fsp3) is 0.500. The molecule has 0 bridgehead atoms. The van der Waals surface area contributed by atoms with Crippen molar-refractivity contribution in [1.82, 2.24) is 4.90 Å². The fourth-order valence-electron chi connectivity index (χ4n) is 2.53. The number of likely N-dealkylation sites (tertiary alicyclic amines) is 1. The molecule has 1 unspecified atom stereocenters. The molecular weight excluding hydrogens is 246 g/mol. The lowest BCUT2D eigenvalue weighted by Gasteiger charge is -2.23. The second kappa shape index (κ2) is 4.42. The van der Waals surface area contributed by atoms with Crippen LogP contribution in [0.5, 0.6) is 11.5 Å². The van der Waals surface area contributed by atoms with E-state index in [1.807, 2.05) is 0 Å². The summed E-state index contributed by atoms with van der Waals surface area (Å²) in [5.41, 5.74) is -0.281. The highest BCUT2D eigenvalue weighted by Gasteiger charge is 2.35. The van der Waals surface area contributed by atoms with E-state index < -0.39 is 5.60 Å². The van der Waals surface area contributed by atoms with Crippen molar-refractivity contribution < 1.29 is 19.4 Å². The average Bonchev–Trinajstić information content (AvgIpc) is 2.78. The lowest BCUT2D eigenvalue weighted by molar-refractivity contribution is 0.0567. The molecule has 0 aliphatic carbocycles. The Labute approximate surface area is 111 Å². The molecule has 2 heterocycles. The Hall–Kier alpha value is -1.75. The number of fused-ring (bicyclic) bond motifs is 1. The summed E-state index contributed by atoms with van der Waals surface area (Å²) < 4.78 is 11.0. The Balaban J connectivity index is 1.88. The number of carbonyl (C=O) groups is 1. The second-order valence-electron chi connectivity index (χ2n) is 5.30. The van der Waals surface area contributed by atoms with E-state index in [-0.39, 0.29) is 5.91 Å². The molecule has 0 radical (unpaired) electrons. The molecule has 1 atom stereocenters. The SMILES string of the molecule is CC1(O)CCN(C(=O)c2cccc3c2OCCO3)C1. The van der Waals surface area contributed by atoms with Crippen LogP contribution in [0.4, 0.5) is 0 Å². The zero-order chi connectivity index (χ0) is 13.5. The van der Waals surface area contributed by atoms with Crippen LogP contribution in [0.3, 0.4) is 0 Å². The summed E-state index contributed by atoms with van der Waals surface area (Å²) in [6, 6.07) is 5.32. The van der Waals surface area contributed by atoms with Crippen LogP contribution in [0.1, 0.15) is 23.7 Å². The Morgan fingerprint density at radius 1 is 1.37 bits per heavy atom. The van der Waals surface area contributed by atoms with E-state index in [0.717, 1.165) is 0 Å². The number of hydrogen-bond acceptors (Lipinski definition) is 4. The number of amides is 1. The molecule has 5 nitrogen and oxygen atoms in total. The number of benzene rings is 1. The number of aliphatic hydroxyl groups is 1. The number of ether oxygens (including phenoxy) is 2. The summed E-state index contributed by atoms with van der Waals surface area (Å²) in [5, 5.41) is 9.95. The Morgan fingerprint density at radius 3 is 2.89 bits per heavy atom. The molecule has 1 N–H and O–H groups in total. The van der Waals surface area contributed by atoms with Crippen LogP contribution in [0, 0.1) is 0 Å². The first kappa shape index (κ1) is 12.3. The quantitative estimate of drug-likeness (QED) is 0.823. The van der Waals surface area contributed by atoms with Crippen LogP contribution in [-0.2, 0) is 0 Å². The number of rotatable bonds is 1. The predicted molar refractivity (Wildman–Crippen MR) is 68.6 cm³/mol. The van der Waals surface area contributed by atoms with E-state index in [9.17, 15) is 9.90 Å². The van der Waals surface area contributed by atoms with Crippen molar-refractivity contribution in [2.24, 2.45) is 0 Å². The summed E-state index contributed by atoms with van der Waals surface area (Å²) in [5.74, 6) is 1.02. The van der Waals surface area contributed by atoms with Crippen molar-refractivity contribution in [1.29, 1.82) is 0 Å². The fourth-order valence-corrected chi connectivity index (χ4v) is 2.53. The molecule has 5 heteroatoms. The summed E-state index contributed by atoms with van der Waals surface area (Å²) >= 11 is 0. The Morgan fingerprint density at radius 2 is 2.16 bits per heavy atom. The van der Waals surface area contributed by atoms with Gasteiger partial charge in [-0.1, -0.05) is 6.07 Å². The van der Waals surface area contributed by atoms with Crippen molar-refractivity contribution in [3.8, 4) is 11.5 Å². The van der Waals surface area contributed by atoms with Gasteiger partial charge in [0.25, 0.3) is 5.91 Å². The topological polar surface area (TPSA) is 59.0 Å². The minimum absolute atomic E-state index is 0.111. The normalized spacial score (nSPS) is 25.5. The maximum Gasteiger partial charge on any atom is 0.257 e. The molecule has 1 aromatic rings. The number of nitrogens with zero attached hydrogens (tertiary/aromatic N) is 1. The molecular formula is C14H17NO4. The standard InChI is InChI=1S/C14H17NO4/c1-14(17)5-6-15(9-14)13(16)10-3-2-4-11-12(10)19-8-7-18-11/h2-4,17H,5-9H2,1H3. The van der Waals surface area contributed by atoms with Gasteiger partial charge in [-0.15, -0.1) is 0 Å². The third-order valence-electron chi connectivity index (χ3n) is 3.54. The van der Waals surface area contributed by atoms with Crippen LogP contribution < -0.4 is 9.47 Å². The van der Waals surface area contributed by atoms with E-state index in [2.05, 4.69) is 0 Å². The van der Waals surface area contributed by atoms with Gasteiger partial charge >= 0.3 is 0 Å². The molecule has 2 aliphatic heterocycles. The molecule has 102 valence electrons. The molecule has 1 amide bonds. The van der Waals surface area contributed by atoms with Gasteiger partial charge in [-0.25, -0.2) is 0 Å². The second-order valence-corrected chi connectivity index (χ2v) is 5.30. The van der Waals surface area contributed by atoms with Crippen LogP contribution in [0.25, 0.3) is 0 Å². The third-order valence-corrected chi connectivity index (χ3v) is 3.54. The maximum absolute atomic E-state index is 12.5. The highest BCUT2D eigenvalue weighted by atomic mass is 16.6. The largest absolute Gasteiger partial charge is 0.486 e. The number of carbonyl (C=O) groups excluding carboxylic acids is 1. The molecule has 1 aromatic carbocycles. The van der Waals surface area contributed by atoms with Gasteiger partial charge in [-0.3, -0.25) is 4.79 Å². The molecule has 3 rings (SSSR count). The average molecular weight is 263 g/mol. The highest BCUT2D eigenvalue weighted by molar-refractivity contribution is 5.98. The minimum Gasteiger partial charge on any atom is -0.486 e. The first-order valence-corrected chi connectivity index (χ1v) is 6.47. The zero-order valence-corrected chi connectivity index (χ0v) is 10.9. The van der Waals surface area contributed by atoms with Crippen molar-refractivity contribution in [3.63, 3.8) is 0 Å². The van der Waals surface area contributed by atoms with Gasteiger partial charge in [0.15, 0.2) is 11.5 Å². The van der Waals surface area contributed by atoms with Gasteiger partial charge < -0.3 is 19.5 Å². The van der Waals surface area contributed by atoms with Gasteiger partial charge in [-0.05, 0) is 25.5 Å². The molecule has 19 heavy (non-hydrogen) atoms. The molecule has 0 aromatic heterocycles. The summed E-state index contributed by atoms with van der Waals surface area (Å²) in [7, 11) is 0.